The third-order valence-corrected chi connectivity index (χ3v) is 6.80. The summed E-state index contributed by atoms with van der Waals surface area (Å²) in [5, 5.41) is 0. The lowest BCUT2D eigenvalue weighted by Gasteiger charge is -2.28. The van der Waals surface area contributed by atoms with Gasteiger partial charge in [0.05, 0.1) is 36.2 Å². The van der Waals surface area contributed by atoms with Crippen LogP contribution in [0.15, 0.2) is 48.5 Å². The number of ketones is 1. The molecule has 3 heterocycles. The molecule has 0 aromatic heterocycles. The Kier molecular flexibility index (Phi) is 4.89. The SMILES string of the molecule is COC(=O)c1ccccc1N1C(=O)[C@@H]2[C@@H](C1=O)[C@@H]1CCCN1[C@@H]2C(=O)c1ccc(F)cc1. The van der Waals surface area contributed by atoms with E-state index in [2.05, 4.69) is 0 Å². The average Bonchev–Trinajstić information content (AvgIpc) is 3.45. The van der Waals surface area contributed by atoms with Crippen molar-refractivity contribution in [1.29, 1.82) is 0 Å². The van der Waals surface area contributed by atoms with Gasteiger partial charge in [-0.05, 0) is 55.8 Å². The molecule has 3 aliphatic heterocycles. The highest BCUT2D eigenvalue weighted by atomic mass is 19.1. The molecule has 32 heavy (non-hydrogen) atoms. The minimum Gasteiger partial charge on any atom is -0.465 e. The number of hydrogen-bond donors (Lipinski definition) is 0. The molecule has 3 saturated heterocycles. The lowest BCUT2D eigenvalue weighted by atomic mass is 9.85. The van der Waals surface area contributed by atoms with Gasteiger partial charge in [-0.1, -0.05) is 12.1 Å². The highest BCUT2D eigenvalue weighted by Gasteiger charge is 2.65. The van der Waals surface area contributed by atoms with E-state index in [1.807, 2.05) is 4.90 Å². The van der Waals surface area contributed by atoms with Gasteiger partial charge in [-0.15, -0.1) is 0 Å². The monoisotopic (exact) mass is 436 g/mol. The van der Waals surface area contributed by atoms with E-state index in [-0.39, 0.29) is 23.1 Å². The Morgan fingerprint density at radius 1 is 1.00 bits per heavy atom. The van der Waals surface area contributed by atoms with E-state index in [9.17, 15) is 23.6 Å². The minimum atomic E-state index is -0.851. The molecule has 0 bridgehead atoms. The van der Waals surface area contributed by atoms with Crippen molar-refractivity contribution in [2.24, 2.45) is 11.8 Å². The number of amides is 2. The summed E-state index contributed by atoms with van der Waals surface area (Å²) in [6.45, 7) is 0.620. The number of para-hydroxylation sites is 1. The molecule has 2 aromatic rings. The number of carbonyl (C=O) groups excluding carboxylic acids is 4. The van der Waals surface area contributed by atoms with Crippen LogP contribution in [-0.4, -0.2) is 54.2 Å². The number of carbonyl (C=O) groups is 4. The summed E-state index contributed by atoms with van der Waals surface area (Å²) in [6.07, 6.45) is 1.53. The number of rotatable bonds is 4. The second-order valence-electron chi connectivity index (χ2n) is 8.34. The maximum absolute atomic E-state index is 13.6. The van der Waals surface area contributed by atoms with Gasteiger partial charge < -0.3 is 4.74 Å². The summed E-state index contributed by atoms with van der Waals surface area (Å²) in [6, 6.07) is 10.5. The lowest BCUT2D eigenvalue weighted by molar-refractivity contribution is -0.123. The Labute approximate surface area is 183 Å². The van der Waals surface area contributed by atoms with Crippen molar-refractivity contribution in [3.8, 4) is 0 Å². The van der Waals surface area contributed by atoms with Crippen LogP contribution in [0, 0.1) is 17.7 Å². The molecular weight excluding hydrogens is 415 g/mol. The molecule has 0 saturated carbocycles. The molecule has 3 fully saturated rings. The normalized spacial score (nSPS) is 26.9. The van der Waals surface area contributed by atoms with Crippen LogP contribution in [0.2, 0.25) is 0 Å². The van der Waals surface area contributed by atoms with Crippen molar-refractivity contribution < 1.29 is 28.3 Å². The fourth-order valence-electron chi connectivity index (χ4n) is 5.49. The highest BCUT2D eigenvalue weighted by Crippen LogP contribution is 2.48. The number of halogens is 1. The Morgan fingerprint density at radius 2 is 1.69 bits per heavy atom. The Balaban J connectivity index is 1.56. The number of fused-ring (bicyclic) bond motifs is 3. The standard InChI is InChI=1S/C24H21FN2O5/c1-32-24(31)15-5-2-3-6-16(15)27-22(29)18-17-7-4-12-26(17)20(19(18)23(27)30)21(28)13-8-10-14(25)11-9-13/h2-3,5-6,8-11,17-20H,4,7,12H2,1H3/t17-,18-,19+,20-/m0/s1. The van der Waals surface area contributed by atoms with Crippen molar-refractivity contribution in [3.05, 3.63) is 65.5 Å². The number of Topliss-reactive ketones (excluding diaryl/α,β-unsaturated/α-hetero) is 1. The summed E-state index contributed by atoms with van der Waals surface area (Å²) >= 11 is 0. The maximum atomic E-state index is 13.6. The van der Waals surface area contributed by atoms with E-state index in [1.54, 1.807) is 12.1 Å². The average molecular weight is 436 g/mol. The smallest absolute Gasteiger partial charge is 0.339 e. The van der Waals surface area contributed by atoms with Crippen LogP contribution in [0.3, 0.4) is 0 Å². The zero-order valence-electron chi connectivity index (χ0n) is 17.4. The molecule has 8 heteroatoms. The second-order valence-corrected chi connectivity index (χ2v) is 8.34. The van der Waals surface area contributed by atoms with Gasteiger partial charge in [-0.25, -0.2) is 14.1 Å². The van der Waals surface area contributed by atoms with Gasteiger partial charge in [-0.2, -0.15) is 0 Å². The molecule has 0 N–H and O–H groups in total. The molecule has 0 radical (unpaired) electrons. The Hall–Kier alpha value is -3.39. The first-order valence-electron chi connectivity index (χ1n) is 10.5. The van der Waals surface area contributed by atoms with Gasteiger partial charge in [0, 0.05) is 11.6 Å². The number of nitrogens with zero attached hydrogens (tertiary/aromatic N) is 2. The predicted molar refractivity (Wildman–Crippen MR) is 112 cm³/mol. The quantitative estimate of drug-likeness (QED) is 0.416. The molecule has 164 valence electrons. The van der Waals surface area contributed by atoms with Gasteiger partial charge in [-0.3, -0.25) is 19.3 Å². The van der Waals surface area contributed by atoms with E-state index >= 15 is 0 Å². The Bertz CT molecular complexity index is 1130. The number of imide groups is 1. The van der Waals surface area contributed by atoms with Crippen LogP contribution in [-0.2, 0) is 14.3 Å². The van der Waals surface area contributed by atoms with Gasteiger partial charge >= 0.3 is 5.97 Å². The molecule has 0 spiro atoms. The molecule has 2 amide bonds. The molecule has 5 rings (SSSR count). The maximum Gasteiger partial charge on any atom is 0.339 e. The summed E-state index contributed by atoms with van der Waals surface area (Å²) in [5.41, 5.74) is 0.582. The summed E-state index contributed by atoms with van der Waals surface area (Å²) in [4.78, 5) is 55.8. The van der Waals surface area contributed by atoms with E-state index < -0.39 is 41.5 Å². The lowest BCUT2D eigenvalue weighted by Crippen LogP contribution is -2.46. The number of methoxy groups -OCH3 is 1. The number of anilines is 1. The van der Waals surface area contributed by atoms with Gasteiger partial charge in [0.25, 0.3) is 0 Å². The van der Waals surface area contributed by atoms with Crippen LogP contribution in [0.4, 0.5) is 10.1 Å². The van der Waals surface area contributed by atoms with Crippen molar-refractivity contribution in [3.63, 3.8) is 0 Å². The first-order chi connectivity index (χ1) is 15.4. The number of ether oxygens (including phenoxy) is 1. The second kappa shape index (κ2) is 7.63. The summed E-state index contributed by atoms with van der Waals surface area (Å²) in [7, 11) is 1.23. The fourth-order valence-corrected chi connectivity index (χ4v) is 5.49. The van der Waals surface area contributed by atoms with Gasteiger partial charge in [0.1, 0.15) is 5.82 Å². The summed E-state index contributed by atoms with van der Waals surface area (Å²) < 4.78 is 18.2. The molecule has 3 aliphatic rings. The summed E-state index contributed by atoms with van der Waals surface area (Å²) in [5.74, 6) is -3.81. The topological polar surface area (TPSA) is 84.0 Å². The molecule has 4 atom stereocenters. The highest BCUT2D eigenvalue weighted by molar-refractivity contribution is 6.26. The molecular formula is C24H21FN2O5. The number of hydrogen-bond acceptors (Lipinski definition) is 6. The van der Waals surface area contributed by atoms with Crippen molar-refractivity contribution in [1.82, 2.24) is 4.90 Å². The van der Waals surface area contributed by atoms with Crippen LogP contribution in [0.25, 0.3) is 0 Å². The van der Waals surface area contributed by atoms with Crippen molar-refractivity contribution in [2.75, 3.05) is 18.6 Å². The van der Waals surface area contributed by atoms with E-state index in [4.69, 9.17) is 4.74 Å². The number of esters is 1. The third kappa shape index (κ3) is 2.90. The Morgan fingerprint density at radius 3 is 2.41 bits per heavy atom. The zero-order valence-corrected chi connectivity index (χ0v) is 17.4. The van der Waals surface area contributed by atoms with Crippen molar-refractivity contribution in [2.45, 2.75) is 24.9 Å². The third-order valence-electron chi connectivity index (χ3n) is 6.80. The zero-order chi connectivity index (χ0) is 22.6. The molecule has 0 aliphatic carbocycles. The molecule has 2 aromatic carbocycles. The first-order valence-corrected chi connectivity index (χ1v) is 10.5. The van der Waals surface area contributed by atoms with Crippen LogP contribution in [0.5, 0.6) is 0 Å². The number of benzene rings is 2. The molecule has 0 unspecified atom stereocenters. The van der Waals surface area contributed by atoms with E-state index in [0.717, 1.165) is 11.3 Å². The van der Waals surface area contributed by atoms with Gasteiger partial charge in [0.2, 0.25) is 11.8 Å². The van der Waals surface area contributed by atoms with Crippen LogP contribution in [0.1, 0.15) is 33.6 Å². The van der Waals surface area contributed by atoms with E-state index in [0.29, 0.717) is 18.5 Å². The minimum absolute atomic E-state index is 0.112. The van der Waals surface area contributed by atoms with Crippen LogP contribution >= 0.6 is 0 Å². The van der Waals surface area contributed by atoms with E-state index in [1.165, 1.54) is 43.5 Å². The fraction of sp³-hybridized carbons (Fsp3) is 0.333. The first kappa shape index (κ1) is 20.5. The van der Waals surface area contributed by atoms with Crippen LogP contribution < -0.4 is 4.90 Å². The van der Waals surface area contributed by atoms with Crippen molar-refractivity contribution >= 4 is 29.3 Å². The largest absolute Gasteiger partial charge is 0.465 e. The predicted octanol–water partition coefficient (Wildman–Crippen LogP) is 2.45. The molecule has 7 nitrogen and oxygen atoms in total. The van der Waals surface area contributed by atoms with Gasteiger partial charge in [0.15, 0.2) is 5.78 Å².